The molecule has 0 aromatic rings. The molecule has 0 heterocycles. The van der Waals surface area contributed by atoms with Crippen LogP contribution in [0.15, 0.2) is 60.8 Å². The summed E-state index contributed by atoms with van der Waals surface area (Å²) in [6, 6.07) is 0. The van der Waals surface area contributed by atoms with Crippen molar-refractivity contribution in [1.29, 1.82) is 0 Å². The first-order chi connectivity index (χ1) is 12.4. The second kappa shape index (κ2) is 17.9. The molecule has 2 saturated carbocycles. The first-order valence-corrected chi connectivity index (χ1v) is 10.4. The van der Waals surface area contributed by atoms with Gasteiger partial charge in [-0.05, 0) is 43.4 Å². The fourth-order valence-corrected chi connectivity index (χ4v) is 3.92. The van der Waals surface area contributed by atoms with Crippen LogP contribution in [-0.4, -0.2) is 0 Å². The van der Waals surface area contributed by atoms with E-state index in [9.17, 15) is 0 Å². The first-order valence-electron chi connectivity index (χ1n) is 10.4. The van der Waals surface area contributed by atoms with E-state index in [1.54, 1.807) is 0 Å². The maximum atomic E-state index is 2.55. The van der Waals surface area contributed by atoms with Gasteiger partial charge in [-0.25, -0.2) is 0 Å². The summed E-state index contributed by atoms with van der Waals surface area (Å²) in [5.41, 5.74) is 0. The van der Waals surface area contributed by atoms with Crippen molar-refractivity contribution in [2.45, 2.75) is 64.7 Å². The number of hydrogen-bond acceptors (Lipinski definition) is 0. The summed E-state index contributed by atoms with van der Waals surface area (Å²) in [5.74, 6) is 3.20. The Hall–Kier alpha value is -0.127. The van der Waals surface area contributed by atoms with E-state index in [4.69, 9.17) is 0 Å². The van der Waals surface area contributed by atoms with Gasteiger partial charge in [0.25, 0.3) is 0 Å². The fraction of sp³-hybridized carbons (Fsp3) is 0.520. The molecule has 148 valence electrons. The molecule has 0 aromatic carbocycles. The van der Waals surface area contributed by atoms with Crippen LogP contribution in [0.5, 0.6) is 0 Å². The molecule has 2 heteroatoms. The third-order valence-corrected chi connectivity index (χ3v) is 5.42. The van der Waals surface area contributed by atoms with Crippen molar-refractivity contribution >= 4 is 0 Å². The molecular weight excluding hydrogens is 427 g/mol. The van der Waals surface area contributed by atoms with Crippen LogP contribution < -0.4 is 12.4 Å². The van der Waals surface area contributed by atoms with E-state index in [-0.39, 0.29) is 38.6 Å². The van der Waals surface area contributed by atoms with Gasteiger partial charge in [0.05, 0.1) is 0 Å². The Bertz CT molecular complexity index is 433. The van der Waals surface area contributed by atoms with E-state index in [1.807, 2.05) is 61.4 Å². The Morgan fingerprint density at radius 1 is 0.741 bits per heavy atom. The van der Waals surface area contributed by atoms with Gasteiger partial charge < -0.3 is 12.4 Å². The van der Waals surface area contributed by atoms with E-state index in [0.29, 0.717) is 0 Å². The number of halogens is 1. The van der Waals surface area contributed by atoms with Gasteiger partial charge in [0, 0.05) is 39.0 Å². The molecule has 0 bridgehead atoms. The summed E-state index contributed by atoms with van der Waals surface area (Å²) >= 11 is 0. The molecule has 0 nitrogen and oxygen atoms in total. The first kappa shape index (κ1) is 26.9. The standard InChI is InChI=1S/C15H26.2C5H5.ClH.Zr/c1-2-3-4-5-6-7-10-13-14-11-8-9-12-15(13)14;2*1-2-4-5-3-1;;/h7,10,13-15H,2-6,8-9,11-12H2,1H3;2*1-5H;1H;/p-1/b10-7-;;;;/t13?,14-,15+;;;;. The zero-order valence-corrected chi connectivity index (χ0v) is 20.1. The summed E-state index contributed by atoms with van der Waals surface area (Å²) in [4.78, 5) is 0. The van der Waals surface area contributed by atoms with Crippen LogP contribution in [0.1, 0.15) is 64.7 Å². The molecule has 2 fully saturated rings. The quantitative estimate of drug-likeness (QED) is 0.400. The minimum Gasteiger partial charge on any atom is -1.00 e. The zero-order chi connectivity index (χ0) is 17.6. The molecule has 0 amide bonds. The van der Waals surface area contributed by atoms with E-state index in [0.717, 1.165) is 17.8 Å². The molecule has 4 rings (SSSR count). The molecule has 0 aromatic heterocycles. The van der Waals surface area contributed by atoms with Gasteiger partial charge in [0.1, 0.15) is 0 Å². The Labute approximate surface area is 193 Å². The number of unbranched alkanes of at least 4 members (excludes halogenated alkanes) is 4. The van der Waals surface area contributed by atoms with Crippen LogP contribution in [0.2, 0.25) is 0 Å². The van der Waals surface area contributed by atoms with Crippen molar-refractivity contribution in [3.63, 3.8) is 0 Å². The predicted octanol–water partition coefficient (Wildman–Crippen LogP) is 4.58. The normalized spacial score (nSPS) is 25.6. The van der Waals surface area contributed by atoms with Crippen molar-refractivity contribution < 1.29 is 38.6 Å². The maximum absolute atomic E-state index is 2.55. The largest absolute Gasteiger partial charge is 1.00 e. The van der Waals surface area contributed by atoms with Crippen molar-refractivity contribution in [2.75, 3.05) is 0 Å². The molecule has 0 spiro atoms. The van der Waals surface area contributed by atoms with Gasteiger partial charge in [0.15, 0.2) is 0 Å². The summed E-state index contributed by atoms with van der Waals surface area (Å²) in [7, 11) is 0. The van der Waals surface area contributed by atoms with Crippen molar-refractivity contribution in [3.8, 4) is 0 Å². The van der Waals surface area contributed by atoms with E-state index >= 15 is 0 Å². The third-order valence-electron chi connectivity index (χ3n) is 5.42. The molecule has 0 aliphatic heterocycles. The van der Waals surface area contributed by atoms with Gasteiger partial charge >= 0.3 is 0 Å². The Kier molecular flexibility index (Phi) is 17.9. The summed E-state index contributed by atoms with van der Waals surface area (Å²) < 4.78 is 0. The number of allylic oxidation sites excluding steroid dienone is 10. The molecule has 0 N–H and O–H groups in total. The van der Waals surface area contributed by atoms with Crippen LogP contribution in [0, 0.1) is 30.6 Å². The number of rotatable bonds is 6. The fourth-order valence-electron chi connectivity index (χ4n) is 3.92. The molecule has 2 radical (unpaired) electrons. The summed E-state index contributed by atoms with van der Waals surface area (Å²) in [6.07, 6.45) is 38.0. The molecule has 4 aliphatic rings. The van der Waals surface area contributed by atoms with E-state index in [2.05, 4.69) is 19.1 Å². The molecule has 0 saturated heterocycles. The second-order valence-electron chi connectivity index (χ2n) is 7.39. The van der Waals surface area contributed by atoms with E-state index in [1.165, 1.54) is 57.8 Å². The van der Waals surface area contributed by atoms with Crippen LogP contribution >= 0.6 is 0 Å². The van der Waals surface area contributed by atoms with Crippen LogP contribution in [0.3, 0.4) is 0 Å². The van der Waals surface area contributed by atoms with Crippen LogP contribution in [0.25, 0.3) is 0 Å². The maximum Gasteiger partial charge on any atom is 0.00506 e. The molecule has 3 atom stereocenters. The van der Waals surface area contributed by atoms with Gasteiger partial charge in [0.2, 0.25) is 0 Å². The monoisotopic (exact) mass is 461 g/mol. The average Bonchev–Trinajstić information content (AvgIpc) is 3.15. The zero-order valence-electron chi connectivity index (χ0n) is 16.9. The SMILES string of the molecule is CCCCCC/C=C\C1[C@H]2CCCC[C@@H]12.[CH]1C=CC=C1.[CH]1C=CC=C1.[Cl-].[Zr]. The molecule has 27 heavy (non-hydrogen) atoms. The van der Waals surface area contributed by atoms with Gasteiger partial charge in [-0.2, -0.15) is 0 Å². The third kappa shape index (κ3) is 12.1. The van der Waals surface area contributed by atoms with Gasteiger partial charge in [-0.1, -0.05) is 99.8 Å². The smallest absolute Gasteiger partial charge is 0.00506 e. The number of fused-ring (bicyclic) bond motifs is 1. The number of hydrogen-bond donors (Lipinski definition) is 0. The minimum absolute atomic E-state index is 0. The Morgan fingerprint density at radius 2 is 1.26 bits per heavy atom. The Balaban J connectivity index is 0.000000465. The average molecular weight is 463 g/mol. The van der Waals surface area contributed by atoms with Gasteiger partial charge in [-0.15, -0.1) is 0 Å². The Morgan fingerprint density at radius 3 is 1.67 bits per heavy atom. The van der Waals surface area contributed by atoms with Crippen molar-refractivity contribution in [2.24, 2.45) is 17.8 Å². The molecular formula is C25H36ClZr-. The van der Waals surface area contributed by atoms with Crippen molar-refractivity contribution in [1.82, 2.24) is 0 Å². The topological polar surface area (TPSA) is 0 Å². The van der Waals surface area contributed by atoms with Crippen LogP contribution in [-0.2, 0) is 26.2 Å². The summed E-state index contributed by atoms with van der Waals surface area (Å²) in [5, 5.41) is 0. The predicted molar refractivity (Wildman–Crippen MR) is 112 cm³/mol. The molecule has 1 unspecified atom stereocenters. The van der Waals surface area contributed by atoms with E-state index < -0.39 is 0 Å². The van der Waals surface area contributed by atoms with Crippen LogP contribution in [0.4, 0.5) is 0 Å². The second-order valence-corrected chi connectivity index (χ2v) is 7.39. The van der Waals surface area contributed by atoms with Gasteiger partial charge in [-0.3, -0.25) is 0 Å². The summed E-state index contributed by atoms with van der Waals surface area (Å²) in [6.45, 7) is 2.28. The van der Waals surface area contributed by atoms with Crippen molar-refractivity contribution in [3.05, 3.63) is 73.6 Å². The minimum atomic E-state index is 0. The molecule has 4 aliphatic carbocycles.